The summed E-state index contributed by atoms with van der Waals surface area (Å²) in [6, 6.07) is 2.51. The van der Waals surface area contributed by atoms with Crippen LogP contribution in [0.15, 0.2) is 6.07 Å². The molecule has 1 rings (SSSR count). The maximum absolute atomic E-state index is 12.7. The highest BCUT2D eigenvalue weighted by molar-refractivity contribution is 6.17. The summed E-state index contributed by atoms with van der Waals surface area (Å²) in [7, 11) is 0. The lowest BCUT2D eigenvalue weighted by Crippen LogP contribution is -2.10. The Morgan fingerprint density at radius 3 is 2.71 bits per heavy atom. The van der Waals surface area contributed by atoms with E-state index in [4.69, 9.17) is 22.0 Å². The van der Waals surface area contributed by atoms with Gasteiger partial charge in [-0.3, -0.25) is 4.79 Å². The Hall–Kier alpha value is -1.74. The first-order valence-electron chi connectivity index (χ1n) is 4.48. The van der Waals surface area contributed by atoms with Crippen LogP contribution in [0.5, 0.6) is 0 Å². The van der Waals surface area contributed by atoms with E-state index in [0.29, 0.717) is 0 Å². The van der Waals surface area contributed by atoms with Gasteiger partial charge in [0.15, 0.2) is 0 Å². The molecule has 0 radical (unpaired) electrons. The third-order valence-corrected chi connectivity index (χ3v) is 2.30. The van der Waals surface area contributed by atoms with E-state index in [2.05, 4.69) is 4.98 Å². The minimum Gasteiger partial charge on any atom is -0.481 e. The van der Waals surface area contributed by atoms with E-state index in [1.54, 1.807) is 6.07 Å². The van der Waals surface area contributed by atoms with Gasteiger partial charge in [-0.15, -0.1) is 11.6 Å². The standard InChI is InChI=1S/C10H7ClF2N2O2/c11-3-8-6(2-9(16)17)7(10(12)13)1-5(4-14)15-8/h1,10H,2-3H2,(H,16,17). The molecule has 4 nitrogen and oxygen atoms in total. The van der Waals surface area contributed by atoms with Gasteiger partial charge in [0.25, 0.3) is 6.43 Å². The maximum atomic E-state index is 12.7. The Balaban J connectivity index is 3.41. The number of hydrogen-bond donors (Lipinski definition) is 1. The van der Waals surface area contributed by atoms with Gasteiger partial charge in [-0.1, -0.05) is 0 Å². The van der Waals surface area contributed by atoms with E-state index < -0.39 is 24.4 Å². The zero-order valence-electron chi connectivity index (χ0n) is 8.45. The smallest absolute Gasteiger partial charge is 0.307 e. The molecule has 1 aromatic heterocycles. The van der Waals surface area contributed by atoms with Crippen molar-refractivity contribution >= 4 is 17.6 Å². The number of carboxylic acid groups (broad SMARTS) is 1. The topological polar surface area (TPSA) is 74.0 Å². The summed E-state index contributed by atoms with van der Waals surface area (Å²) in [5.74, 6) is -1.48. The average molecular weight is 261 g/mol. The molecule has 0 fully saturated rings. The molecule has 0 atom stereocenters. The Bertz CT molecular complexity index is 486. The van der Waals surface area contributed by atoms with Gasteiger partial charge in [0.1, 0.15) is 11.8 Å². The summed E-state index contributed by atoms with van der Waals surface area (Å²) in [6.45, 7) is 0. The van der Waals surface area contributed by atoms with Crippen LogP contribution in [-0.4, -0.2) is 16.1 Å². The second-order valence-electron chi connectivity index (χ2n) is 3.14. The van der Waals surface area contributed by atoms with E-state index in [1.165, 1.54) is 0 Å². The molecule has 0 aliphatic heterocycles. The van der Waals surface area contributed by atoms with E-state index in [0.717, 1.165) is 6.07 Å². The highest BCUT2D eigenvalue weighted by Gasteiger charge is 2.20. The van der Waals surface area contributed by atoms with Crippen molar-refractivity contribution in [3.8, 4) is 6.07 Å². The molecule has 1 heterocycles. The number of aromatic nitrogens is 1. The summed E-state index contributed by atoms with van der Waals surface area (Å²) in [4.78, 5) is 14.3. The maximum Gasteiger partial charge on any atom is 0.307 e. The van der Waals surface area contributed by atoms with Crippen LogP contribution in [0.1, 0.15) is 28.9 Å². The van der Waals surface area contributed by atoms with Crippen LogP contribution in [0, 0.1) is 11.3 Å². The van der Waals surface area contributed by atoms with E-state index in [-0.39, 0.29) is 22.8 Å². The van der Waals surface area contributed by atoms with Crippen LogP contribution < -0.4 is 0 Å². The van der Waals surface area contributed by atoms with Crippen LogP contribution in [0.25, 0.3) is 0 Å². The molecule has 0 aliphatic carbocycles. The Morgan fingerprint density at radius 2 is 2.29 bits per heavy atom. The van der Waals surface area contributed by atoms with Crippen molar-refractivity contribution in [2.75, 3.05) is 0 Å². The van der Waals surface area contributed by atoms with Crippen LogP contribution in [0.3, 0.4) is 0 Å². The molecule has 1 N–H and O–H groups in total. The number of aliphatic carboxylic acids is 1. The third kappa shape index (κ3) is 3.11. The zero-order chi connectivity index (χ0) is 13.0. The summed E-state index contributed by atoms with van der Waals surface area (Å²) in [6.07, 6.45) is -3.47. The fraction of sp³-hybridized carbons (Fsp3) is 0.300. The molecule has 17 heavy (non-hydrogen) atoms. The van der Waals surface area contributed by atoms with Gasteiger partial charge < -0.3 is 5.11 Å². The van der Waals surface area contributed by atoms with Gasteiger partial charge in [0.2, 0.25) is 0 Å². The summed E-state index contributed by atoms with van der Waals surface area (Å²) in [5.41, 5.74) is -0.829. The van der Waals surface area contributed by atoms with Gasteiger partial charge in [0.05, 0.1) is 18.0 Å². The van der Waals surface area contributed by atoms with Crippen molar-refractivity contribution in [1.29, 1.82) is 5.26 Å². The molecule has 0 aliphatic rings. The summed E-state index contributed by atoms with van der Waals surface area (Å²) >= 11 is 5.51. The monoisotopic (exact) mass is 260 g/mol. The minimum absolute atomic E-state index is 0.00316. The molecule has 0 spiro atoms. The average Bonchev–Trinajstić information content (AvgIpc) is 2.28. The first kappa shape index (κ1) is 13.3. The summed E-state index contributed by atoms with van der Waals surface area (Å²) in [5, 5.41) is 17.3. The van der Waals surface area contributed by atoms with Gasteiger partial charge >= 0.3 is 5.97 Å². The number of rotatable bonds is 4. The zero-order valence-corrected chi connectivity index (χ0v) is 9.21. The first-order valence-corrected chi connectivity index (χ1v) is 5.01. The van der Waals surface area contributed by atoms with Crippen LogP contribution in [0.4, 0.5) is 8.78 Å². The van der Waals surface area contributed by atoms with Gasteiger partial charge in [-0.2, -0.15) is 5.26 Å². The lowest BCUT2D eigenvalue weighted by molar-refractivity contribution is -0.136. The van der Waals surface area contributed by atoms with Crippen LogP contribution in [-0.2, 0) is 17.1 Å². The predicted octanol–water partition coefficient (Wildman–Crippen LogP) is 2.26. The van der Waals surface area contributed by atoms with Gasteiger partial charge in [-0.25, -0.2) is 13.8 Å². The number of pyridine rings is 1. The predicted molar refractivity (Wildman–Crippen MR) is 54.8 cm³/mol. The number of carbonyl (C=O) groups is 1. The third-order valence-electron chi connectivity index (χ3n) is 2.05. The minimum atomic E-state index is -2.87. The molecule has 7 heteroatoms. The molecule has 0 amide bonds. The van der Waals surface area contributed by atoms with E-state index >= 15 is 0 Å². The normalized spacial score (nSPS) is 10.3. The SMILES string of the molecule is N#Cc1cc(C(F)F)c(CC(=O)O)c(CCl)n1. The molecule has 0 aromatic carbocycles. The quantitative estimate of drug-likeness (QED) is 0.843. The second kappa shape index (κ2) is 5.55. The van der Waals surface area contributed by atoms with Gasteiger partial charge in [-0.05, 0) is 11.6 Å². The number of carboxylic acids is 1. The molecule has 1 aromatic rings. The van der Waals surface area contributed by atoms with Crippen molar-refractivity contribution in [2.24, 2.45) is 0 Å². The Labute approximate surface area is 100 Å². The second-order valence-corrected chi connectivity index (χ2v) is 3.41. The lowest BCUT2D eigenvalue weighted by atomic mass is 10.0. The number of halogens is 3. The molecular formula is C10H7ClF2N2O2. The van der Waals surface area contributed by atoms with Gasteiger partial charge in [0, 0.05) is 5.56 Å². The number of alkyl halides is 3. The van der Waals surface area contributed by atoms with Crippen molar-refractivity contribution in [3.05, 3.63) is 28.6 Å². The van der Waals surface area contributed by atoms with Crippen LogP contribution in [0.2, 0.25) is 0 Å². The number of hydrogen-bond acceptors (Lipinski definition) is 3. The van der Waals surface area contributed by atoms with Crippen molar-refractivity contribution in [3.63, 3.8) is 0 Å². The molecule has 0 saturated heterocycles. The molecule has 0 unspecified atom stereocenters. The fourth-order valence-corrected chi connectivity index (χ4v) is 1.59. The van der Waals surface area contributed by atoms with Crippen LogP contribution >= 0.6 is 11.6 Å². The van der Waals surface area contributed by atoms with E-state index in [1.807, 2.05) is 0 Å². The molecule has 0 saturated carbocycles. The lowest BCUT2D eigenvalue weighted by Gasteiger charge is -2.11. The molecule has 0 bridgehead atoms. The van der Waals surface area contributed by atoms with Crippen molar-refractivity contribution in [2.45, 2.75) is 18.7 Å². The Kier molecular flexibility index (Phi) is 4.35. The number of nitriles is 1. The highest BCUT2D eigenvalue weighted by atomic mass is 35.5. The molecular weight excluding hydrogens is 254 g/mol. The first-order chi connectivity index (χ1) is 7.99. The number of nitrogens with zero attached hydrogens (tertiary/aromatic N) is 2. The Morgan fingerprint density at radius 1 is 1.65 bits per heavy atom. The largest absolute Gasteiger partial charge is 0.481 e. The molecule has 90 valence electrons. The highest BCUT2D eigenvalue weighted by Crippen LogP contribution is 2.27. The summed E-state index contributed by atoms with van der Waals surface area (Å²) < 4.78 is 25.5. The van der Waals surface area contributed by atoms with Crippen molar-refractivity contribution in [1.82, 2.24) is 4.98 Å². The van der Waals surface area contributed by atoms with E-state index in [9.17, 15) is 13.6 Å². The fourth-order valence-electron chi connectivity index (χ4n) is 1.36. The van der Waals surface area contributed by atoms with Crippen molar-refractivity contribution < 1.29 is 18.7 Å².